The number of H-pyrrole nitrogens is 1. The number of nitrogens with zero attached hydrogens (tertiary/aromatic N) is 1. The molecule has 2 heterocycles. The van der Waals surface area contributed by atoms with Crippen LogP contribution in [0.25, 0.3) is 0 Å². The number of carbonyl (C=O) groups is 1. The summed E-state index contributed by atoms with van der Waals surface area (Å²) in [5.41, 5.74) is 0.0364. The Hall–Kier alpha value is -2.64. The van der Waals surface area contributed by atoms with Crippen molar-refractivity contribution in [3.05, 3.63) is 57.6 Å². The van der Waals surface area contributed by atoms with E-state index in [9.17, 15) is 23.5 Å². The first-order valence-electron chi connectivity index (χ1n) is 7.55. The Morgan fingerprint density at radius 1 is 1.29 bits per heavy atom. The molecule has 0 saturated carbocycles. The molecule has 6 nitrogen and oxygen atoms in total. The lowest BCUT2D eigenvalue weighted by molar-refractivity contribution is 0.0968. The third kappa shape index (κ3) is 3.47. The third-order valence-corrected chi connectivity index (χ3v) is 4.30. The zero-order valence-corrected chi connectivity index (χ0v) is 12.7. The smallest absolute Gasteiger partial charge is 0.407 e. The van der Waals surface area contributed by atoms with E-state index in [-0.39, 0.29) is 24.4 Å². The summed E-state index contributed by atoms with van der Waals surface area (Å²) in [5.74, 6) is -1.05. The van der Waals surface area contributed by atoms with Crippen molar-refractivity contribution in [2.45, 2.75) is 31.2 Å². The average Bonchev–Trinajstić information content (AvgIpc) is 2.92. The van der Waals surface area contributed by atoms with Crippen LogP contribution < -0.4 is 5.56 Å². The molecule has 1 aromatic carbocycles. The van der Waals surface area contributed by atoms with Crippen molar-refractivity contribution in [2.24, 2.45) is 0 Å². The molecule has 24 heavy (non-hydrogen) atoms. The fourth-order valence-corrected chi connectivity index (χ4v) is 3.25. The van der Waals surface area contributed by atoms with Crippen molar-refractivity contribution in [3.63, 3.8) is 0 Å². The highest BCUT2D eigenvalue weighted by atomic mass is 19.1. The molecule has 3 rings (SSSR count). The molecule has 1 fully saturated rings. The number of carboxylic acid groups (broad SMARTS) is 1. The lowest BCUT2D eigenvalue weighted by Crippen LogP contribution is -2.46. The summed E-state index contributed by atoms with van der Waals surface area (Å²) >= 11 is 0. The van der Waals surface area contributed by atoms with E-state index < -0.39 is 23.8 Å². The molecule has 8 heteroatoms. The predicted molar refractivity (Wildman–Crippen MR) is 79.9 cm³/mol. The fraction of sp³-hybridized carbons (Fsp3) is 0.375. The maximum atomic E-state index is 13.4. The minimum Gasteiger partial charge on any atom is -0.465 e. The van der Waals surface area contributed by atoms with E-state index in [1.807, 2.05) is 0 Å². The summed E-state index contributed by atoms with van der Waals surface area (Å²) in [6, 6.07) is 4.06. The molecule has 2 atom stereocenters. The van der Waals surface area contributed by atoms with E-state index in [0.717, 1.165) is 6.07 Å². The standard InChI is InChI=1S/C16H16F2N2O4/c17-11-3-9(4-12(18)7-11)5-13-6-10(1-2-20(13)16(22)23)14-8-15(21)19-24-14/h3-4,7-8,10,13H,1-2,5-6H2,(H,19,21)(H,22,23)/t10-,13-/m0/s1. The molecule has 0 radical (unpaired) electrons. The van der Waals surface area contributed by atoms with E-state index in [0.29, 0.717) is 24.2 Å². The summed E-state index contributed by atoms with van der Waals surface area (Å²) in [4.78, 5) is 23.9. The molecule has 0 spiro atoms. The largest absolute Gasteiger partial charge is 0.465 e. The number of halogens is 2. The Kier molecular flexibility index (Phi) is 4.37. The van der Waals surface area contributed by atoms with Gasteiger partial charge in [-0.3, -0.25) is 4.79 Å². The molecule has 1 saturated heterocycles. The highest BCUT2D eigenvalue weighted by Crippen LogP contribution is 2.32. The van der Waals surface area contributed by atoms with Gasteiger partial charge in [-0.1, -0.05) is 0 Å². The minimum atomic E-state index is -1.08. The predicted octanol–water partition coefficient (Wildman–Crippen LogP) is 2.71. The topological polar surface area (TPSA) is 86.5 Å². The van der Waals surface area contributed by atoms with E-state index in [4.69, 9.17) is 4.52 Å². The van der Waals surface area contributed by atoms with Crippen LogP contribution in [0.5, 0.6) is 0 Å². The molecular formula is C16H16F2N2O4. The Balaban J connectivity index is 1.82. The van der Waals surface area contributed by atoms with Crippen LogP contribution in [0.3, 0.4) is 0 Å². The summed E-state index contributed by atoms with van der Waals surface area (Å²) in [7, 11) is 0. The quantitative estimate of drug-likeness (QED) is 0.901. The van der Waals surface area contributed by atoms with Crippen LogP contribution in [0.4, 0.5) is 13.6 Å². The number of hydrogen-bond donors (Lipinski definition) is 2. The molecule has 2 N–H and O–H groups in total. The van der Waals surface area contributed by atoms with Crippen LogP contribution >= 0.6 is 0 Å². The summed E-state index contributed by atoms with van der Waals surface area (Å²) in [5, 5.41) is 11.6. The van der Waals surface area contributed by atoms with E-state index in [2.05, 4.69) is 5.16 Å². The zero-order valence-electron chi connectivity index (χ0n) is 12.7. The summed E-state index contributed by atoms with van der Waals surface area (Å²) < 4.78 is 31.8. The summed E-state index contributed by atoms with van der Waals surface area (Å²) in [6.45, 7) is 0.261. The number of benzene rings is 1. The third-order valence-electron chi connectivity index (χ3n) is 4.30. The van der Waals surface area contributed by atoms with Crippen molar-refractivity contribution < 1.29 is 23.2 Å². The van der Waals surface area contributed by atoms with Gasteiger partial charge in [-0.2, -0.15) is 5.16 Å². The van der Waals surface area contributed by atoms with Gasteiger partial charge in [0.05, 0.1) is 0 Å². The molecule has 0 bridgehead atoms. The van der Waals surface area contributed by atoms with Gasteiger partial charge < -0.3 is 14.5 Å². The molecule has 1 aliphatic heterocycles. The average molecular weight is 338 g/mol. The molecule has 1 aliphatic rings. The van der Waals surface area contributed by atoms with Gasteiger partial charge in [-0.25, -0.2) is 13.6 Å². The van der Waals surface area contributed by atoms with Gasteiger partial charge in [0.15, 0.2) is 0 Å². The van der Waals surface area contributed by atoms with Crippen molar-refractivity contribution in [3.8, 4) is 0 Å². The van der Waals surface area contributed by atoms with E-state index in [1.165, 1.54) is 23.1 Å². The van der Waals surface area contributed by atoms with Crippen LogP contribution in [0.15, 0.2) is 33.6 Å². The van der Waals surface area contributed by atoms with Crippen molar-refractivity contribution >= 4 is 6.09 Å². The lowest BCUT2D eigenvalue weighted by atomic mass is 9.86. The molecule has 2 aromatic rings. The minimum absolute atomic E-state index is 0.122. The van der Waals surface area contributed by atoms with Crippen molar-refractivity contribution in [2.75, 3.05) is 6.54 Å². The Bertz CT molecular complexity index is 781. The van der Waals surface area contributed by atoms with Gasteiger partial charge in [-0.05, 0) is 37.0 Å². The fourth-order valence-electron chi connectivity index (χ4n) is 3.25. The van der Waals surface area contributed by atoms with Gasteiger partial charge in [0.2, 0.25) is 0 Å². The van der Waals surface area contributed by atoms with E-state index >= 15 is 0 Å². The number of amides is 1. The maximum absolute atomic E-state index is 13.4. The second-order valence-corrected chi connectivity index (χ2v) is 5.95. The van der Waals surface area contributed by atoms with Gasteiger partial charge >= 0.3 is 6.09 Å². The van der Waals surface area contributed by atoms with Crippen LogP contribution in [-0.2, 0) is 6.42 Å². The number of aromatic amines is 1. The van der Waals surface area contributed by atoms with Gasteiger partial charge in [0.1, 0.15) is 17.4 Å². The van der Waals surface area contributed by atoms with Crippen LogP contribution in [-0.4, -0.2) is 33.8 Å². The molecular weight excluding hydrogens is 322 g/mol. The van der Waals surface area contributed by atoms with Crippen molar-refractivity contribution in [1.29, 1.82) is 0 Å². The van der Waals surface area contributed by atoms with Crippen LogP contribution in [0.2, 0.25) is 0 Å². The van der Waals surface area contributed by atoms with Gasteiger partial charge in [0, 0.05) is 30.6 Å². The lowest BCUT2D eigenvalue weighted by Gasteiger charge is -2.37. The molecule has 0 aliphatic carbocycles. The number of likely N-dealkylation sites (tertiary alicyclic amines) is 1. The maximum Gasteiger partial charge on any atom is 0.407 e. The second kappa shape index (κ2) is 6.46. The molecule has 0 unspecified atom stereocenters. The molecule has 1 aromatic heterocycles. The monoisotopic (exact) mass is 338 g/mol. The first-order valence-corrected chi connectivity index (χ1v) is 7.55. The first-order chi connectivity index (χ1) is 11.4. The number of aromatic nitrogens is 1. The van der Waals surface area contributed by atoms with Crippen molar-refractivity contribution in [1.82, 2.24) is 10.1 Å². The Labute approximate surface area is 135 Å². The Morgan fingerprint density at radius 2 is 2.00 bits per heavy atom. The zero-order chi connectivity index (χ0) is 17.3. The van der Waals surface area contributed by atoms with E-state index in [1.54, 1.807) is 0 Å². The SMILES string of the molecule is O=C(O)N1CC[C@H](c2cc(=O)[nH]o2)C[C@@H]1Cc1cc(F)cc(F)c1. The number of piperidine rings is 1. The number of hydrogen-bond acceptors (Lipinski definition) is 3. The van der Waals surface area contributed by atoms with Crippen LogP contribution in [0, 0.1) is 11.6 Å². The second-order valence-electron chi connectivity index (χ2n) is 5.95. The Morgan fingerprint density at radius 3 is 2.58 bits per heavy atom. The molecule has 1 amide bonds. The number of rotatable bonds is 3. The van der Waals surface area contributed by atoms with Crippen LogP contribution in [0.1, 0.15) is 30.1 Å². The highest BCUT2D eigenvalue weighted by molar-refractivity contribution is 5.65. The molecule has 128 valence electrons. The normalized spacial score (nSPS) is 21.0. The number of nitrogens with one attached hydrogen (secondary N) is 1. The first kappa shape index (κ1) is 16.2. The van der Waals surface area contributed by atoms with Gasteiger partial charge in [0.25, 0.3) is 5.56 Å². The highest BCUT2D eigenvalue weighted by Gasteiger charge is 2.34. The van der Waals surface area contributed by atoms with Gasteiger partial charge in [-0.15, -0.1) is 0 Å². The summed E-state index contributed by atoms with van der Waals surface area (Å²) in [6.07, 6.45) is 0.0317.